The zero-order valence-electron chi connectivity index (χ0n) is 30.2. The van der Waals surface area contributed by atoms with Gasteiger partial charge in [-0.2, -0.15) is 0 Å². The van der Waals surface area contributed by atoms with Crippen molar-refractivity contribution in [1.82, 2.24) is 5.32 Å². The van der Waals surface area contributed by atoms with E-state index in [0.717, 1.165) is 16.0 Å². The molecule has 3 aromatic carbocycles. The van der Waals surface area contributed by atoms with Crippen molar-refractivity contribution in [2.24, 2.45) is 5.92 Å². The van der Waals surface area contributed by atoms with Gasteiger partial charge in [0, 0.05) is 34.1 Å². The number of aryl methyl sites for hydroxylation is 2. The van der Waals surface area contributed by atoms with Gasteiger partial charge in [-0.25, -0.2) is 8.42 Å². The van der Waals surface area contributed by atoms with Crippen molar-refractivity contribution in [3.8, 4) is 0 Å². The fourth-order valence-corrected chi connectivity index (χ4v) is 7.50. The summed E-state index contributed by atoms with van der Waals surface area (Å²) in [7, 11) is -3.75. The summed E-state index contributed by atoms with van der Waals surface area (Å²) in [6.45, 7) is 17.0. The third-order valence-electron chi connectivity index (χ3n) is 7.70. The van der Waals surface area contributed by atoms with Crippen molar-refractivity contribution >= 4 is 39.3 Å². The standard InChI is InChI=1S/C39H51NO7S2/c1-27-10-18-32(19-11-27)48-24-31(25-49(44,45)33-20-12-28(2)13-21-33)35(42)29-14-16-30(17-15-29)36(43)40-38(6,7)26-46-39(8,9)23-22-34(41)47-37(3,4)5/h10-21,31H,22-26H2,1-9H3,(H,40,43). The van der Waals surface area contributed by atoms with E-state index < -0.39 is 32.5 Å². The summed E-state index contributed by atoms with van der Waals surface area (Å²) in [5.41, 5.74) is 0.828. The van der Waals surface area contributed by atoms with Crippen molar-refractivity contribution in [2.75, 3.05) is 18.1 Å². The Morgan fingerprint density at radius 2 is 1.31 bits per heavy atom. The van der Waals surface area contributed by atoms with Gasteiger partial charge in [0.1, 0.15) is 5.60 Å². The molecule has 0 aliphatic carbocycles. The van der Waals surface area contributed by atoms with Crippen LogP contribution in [0.5, 0.6) is 0 Å². The van der Waals surface area contributed by atoms with E-state index in [2.05, 4.69) is 5.32 Å². The van der Waals surface area contributed by atoms with E-state index in [4.69, 9.17) is 9.47 Å². The third kappa shape index (κ3) is 13.4. The molecule has 1 unspecified atom stereocenters. The number of sulfone groups is 1. The quantitative estimate of drug-likeness (QED) is 0.0911. The maximum atomic E-state index is 13.8. The molecule has 1 N–H and O–H groups in total. The zero-order chi connectivity index (χ0) is 36.6. The van der Waals surface area contributed by atoms with Crippen LogP contribution in [-0.2, 0) is 24.1 Å². The summed E-state index contributed by atoms with van der Waals surface area (Å²) in [5, 5.41) is 2.98. The average Bonchev–Trinajstić information content (AvgIpc) is 3.01. The number of ether oxygens (including phenoxy) is 2. The van der Waals surface area contributed by atoms with Crippen LogP contribution in [0.15, 0.2) is 82.6 Å². The summed E-state index contributed by atoms with van der Waals surface area (Å²) in [4.78, 5) is 40.3. The molecule has 10 heteroatoms. The fourth-order valence-electron chi connectivity index (χ4n) is 4.82. The van der Waals surface area contributed by atoms with Crippen LogP contribution < -0.4 is 5.32 Å². The molecular weight excluding hydrogens is 659 g/mol. The number of carbonyl (C=O) groups is 3. The van der Waals surface area contributed by atoms with Crippen LogP contribution in [0.4, 0.5) is 0 Å². The lowest BCUT2D eigenvalue weighted by atomic mass is 9.99. The lowest BCUT2D eigenvalue weighted by molar-refractivity contribution is -0.156. The van der Waals surface area contributed by atoms with Gasteiger partial charge in [0.25, 0.3) is 5.91 Å². The first kappa shape index (κ1) is 40.0. The first-order valence-electron chi connectivity index (χ1n) is 16.5. The fraction of sp³-hybridized carbons (Fsp3) is 0.462. The zero-order valence-corrected chi connectivity index (χ0v) is 31.8. The Labute approximate surface area is 296 Å². The normalized spacial score (nSPS) is 13.1. The monoisotopic (exact) mass is 709 g/mol. The Morgan fingerprint density at radius 1 is 0.776 bits per heavy atom. The van der Waals surface area contributed by atoms with Gasteiger partial charge < -0.3 is 14.8 Å². The SMILES string of the molecule is Cc1ccc(SCC(CS(=O)(=O)c2ccc(C)cc2)C(=O)c2ccc(C(=O)NC(C)(C)COC(C)(C)CCC(=O)OC(C)(C)C)cc2)cc1. The van der Waals surface area contributed by atoms with Gasteiger partial charge in [-0.05, 0) is 105 Å². The highest BCUT2D eigenvalue weighted by molar-refractivity contribution is 7.99. The smallest absolute Gasteiger partial charge is 0.306 e. The molecule has 0 radical (unpaired) electrons. The Kier molecular flexibility index (Phi) is 13.5. The Balaban J connectivity index is 1.68. The minimum atomic E-state index is -3.75. The molecule has 1 atom stereocenters. The minimum absolute atomic E-state index is 0.182. The number of Topliss-reactive ketones (excluding diaryl/α,β-unsaturated/α-hetero) is 1. The predicted octanol–water partition coefficient (Wildman–Crippen LogP) is 7.79. The number of carbonyl (C=O) groups excluding carboxylic acids is 3. The first-order chi connectivity index (χ1) is 22.6. The predicted molar refractivity (Wildman–Crippen MR) is 196 cm³/mol. The van der Waals surface area contributed by atoms with E-state index in [1.165, 1.54) is 11.8 Å². The van der Waals surface area contributed by atoms with Gasteiger partial charge in [-0.1, -0.05) is 47.5 Å². The summed E-state index contributed by atoms with van der Waals surface area (Å²) < 4.78 is 38.3. The lowest BCUT2D eigenvalue weighted by Crippen LogP contribution is -2.48. The molecule has 0 aliphatic heterocycles. The average molecular weight is 710 g/mol. The molecule has 0 aromatic heterocycles. The molecule has 0 bridgehead atoms. The second kappa shape index (κ2) is 16.5. The molecule has 1 amide bonds. The van der Waals surface area contributed by atoms with E-state index in [1.54, 1.807) is 48.5 Å². The van der Waals surface area contributed by atoms with Gasteiger partial charge >= 0.3 is 5.97 Å². The van der Waals surface area contributed by atoms with Crippen molar-refractivity contribution < 1.29 is 32.3 Å². The second-order valence-corrected chi connectivity index (χ2v) is 18.0. The number of rotatable bonds is 16. The first-order valence-corrected chi connectivity index (χ1v) is 19.1. The van der Waals surface area contributed by atoms with Crippen LogP contribution in [0, 0.1) is 19.8 Å². The number of ketones is 1. The minimum Gasteiger partial charge on any atom is -0.460 e. The van der Waals surface area contributed by atoms with E-state index in [1.807, 2.05) is 86.6 Å². The largest absolute Gasteiger partial charge is 0.460 e. The number of amides is 1. The molecule has 0 saturated carbocycles. The van der Waals surface area contributed by atoms with E-state index in [0.29, 0.717) is 17.5 Å². The van der Waals surface area contributed by atoms with Crippen LogP contribution in [0.1, 0.15) is 93.2 Å². The van der Waals surface area contributed by atoms with E-state index in [9.17, 15) is 22.8 Å². The molecular formula is C39H51NO7S2. The number of nitrogens with one attached hydrogen (secondary N) is 1. The summed E-state index contributed by atoms with van der Waals surface area (Å²) in [5.74, 6) is -1.80. The van der Waals surface area contributed by atoms with Gasteiger partial charge in [0.15, 0.2) is 15.6 Å². The van der Waals surface area contributed by atoms with Gasteiger partial charge in [-0.3, -0.25) is 14.4 Å². The van der Waals surface area contributed by atoms with E-state index >= 15 is 0 Å². The topological polar surface area (TPSA) is 116 Å². The molecule has 49 heavy (non-hydrogen) atoms. The molecule has 0 spiro atoms. The number of hydrogen-bond acceptors (Lipinski definition) is 8. The summed E-state index contributed by atoms with van der Waals surface area (Å²) >= 11 is 1.44. The highest BCUT2D eigenvalue weighted by atomic mass is 32.2. The highest BCUT2D eigenvalue weighted by Gasteiger charge is 2.30. The van der Waals surface area contributed by atoms with Gasteiger partial charge in [-0.15, -0.1) is 11.8 Å². The van der Waals surface area contributed by atoms with E-state index in [-0.39, 0.29) is 47.1 Å². The van der Waals surface area contributed by atoms with Crippen molar-refractivity contribution in [1.29, 1.82) is 0 Å². The molecule has 0 fully saturated rings. The molecule has 8 nitrogen and oxygen atoms in total. The maximum Gasteiger partial charge on any atom is 0.306 e. The third-order valence-corrected chi connectivity index (χ3v) is 10.7. The molecule has 3 rings (SSSR count). The Hall–Kier alpha value is -3.47. The molecule has 0 aliphatic rings. The second-order valence-electron chi connectivity index (χ2n) is 14.8. The van der Waals surface area contributed by atoms with Crippen molar-refractivity contribution in [3.05, 3.63) is 95.1 Å². The molecule has 3 aromatic rings. The van der Waals surface area contributed by atoms with Crippen LogP contribution in [0.3, 0.4) is 0 Å². The number of benzene rings is 3. The van der Waals surface area contributed by atoms with Crippen molar-refractivity contribution in [3.63, 3.8) is 0 Å². The van der Waals surface area contributed by atoms with Crippen LogP contribution >= 0.6 is 11.8 Å². The number of esters is 1. The highest BCUT2D eigenvalue weighted by Crippen LogP contribution is 2.27. The Bertz CT molecular complexity index is 1690. The lowest BCUT2D eigenvalue weighted by Gasteiger charge is -2.33. The van der Waals surface area contributed by atoms with Crippen LogP contribution in [0.2, 0.25) is 0 Å². The molecule has 266 valence electrons. The summed E-state index contributed by atoms with van der Waals surface area (Å²) in [6, 6.07) is 20.8. The molecule has 0 saturated heterocycles. The number of hydrogen-bond donors (Lipinski definition) is 1. The van der Waals surface area contributed by atoms with Gasteiger partial charge in [0.05, 0.1) is 28.4 Å². The van der Waals surface area contributed by atoms with Crippen LogP contribution in [0.25, 0.3) is 0 Å². The summed E-state index contributed by atoms with van der Waals surface area (Å²) in [6.07, 6.45) is 0.670. The molecule has 0 heterocycles. The maximum absolute atomic E-state index is 13.8. The number of thioether (sulfide) groups is 1. The van der Waals surface area contributed by atoms with Crippen LogP contribution in [-0.4, -0.2) is 60.9 Å². The Morgan fingerprint density at radius 3 is 1.86 bits per heavy atom. The van der Waals surface area contributed by atoms with Crippen molar-refractivity contribution in [2.45, 2.75) is 102 Å². The van der Waals surface area contributed by atoms with Gasteiger partial charge in [0.2, 0.25) is 0 Å².